The molecule has 2 N–H and O–H groups in total. The summed E-state index contributed by atoms with van der Waals surface area (Å²) in [6, 6.07) is 13.3. The van der Waals surface area contributed by atoms with Gasteiger partial charge in [0.2, 0.25) is 0 Å². The lowest BCUT2D eigenvalue weighted by Crippen LogP contribution is -2.03. The lowest BCUT2D eigenvalue weighted by Gasteiger charge is -2.10. The van der Waals surface area contributed by atoms with Crippen LogP contribution in [-0.2, 0) is 4.79 Å². The lowest BCUT2D eigenvalue weighted by molar-refractivity contribution is -0.107. The first-order valence-electron chi connectivity index (χ1n) is 6.79. The summed E-state index contributed by atoms with van der Waals surface area (Å²) in [5, 5.41) is 3.41. The van der Waals surface area contributed by atoms with Crippen molar-refractivity contribution in [3.8, 4) is 11.5 Å². The zero-order valence-corrected chi connectivity index (χ0v) is 13.3. The molecule has 0 spiro atoms. The van der Waals surface area contributed by atoms with Crippen molar-refractivity contribution in [2.75, 3.05) is 6.26 Å². The number of aldehydes is 1. The Labute approximate surface area is 134 Å². The maximum Gasteiger partial charge on any atom is 0.132 e. The van der Waals surface area contributed by atoms with Crippen molar-refractivity contribution < 1.29 is 9.53 Å². The second-order valence-electron chi connectivity index (χ2n) is 4.76. The molecule has 2 aromatic carbocycles. The Morgan fingerprint density at radius 1 is 1.18 bits per heavy atom. The van der Waals surface area contributed by atoms with Crippen LogP contribution in [0, 0.1) is 6.92 Å². The zero-order chi connectivity index (χ0) is 15.9. The summed E-state index contributed by atoms with van der Waals surface area (Å²) in [6.45, 7) is 2.06. The monoisotopic (exact) mass is 314 g/mol. The van der Waals surface area contributed by atoms with Crippen molar-refractivity contribution >= 4 is 24.3 Å². The smallest absolute Gasteiger partial charge is 0.132 e. The number of benzene rings is 2. The van der Waals surface area contributed by atoms with E-state index in [2.05, 4.69) is 18.3 Å². The molecule has 0 aromatic heterocycles. The van der Waals surface area contributed by atoms with Crippen LogP contribution in [0.5, 0.6) is 11.5 Å². The van der Waals surface area contributed by atoms with Crippen LogP contribution in [-0.4, -0.2) is 18.8 Å². The number of thioether (sulfide) groups is 1. The van der Waals surface area contributed by atoms with Gasteiger partial charge in [0.15, 0.2) is 0 Å². The van der Waals surface area contributed by atoms with E-state index in [9.17, 15) is 4.79 Å². The highest BCUT2D eigenvalue weighted by atomic mass is 32.2. The Morgan fingerprint density at radius 2 is 1.86 bits per heavy atom. The molecule has 0 amide bonds. The van der Waals surface area contributed by atoms with Crippen LogP contribution < -0.4 is 10.6 Å². The number of ether oxygens (including phenoxy) is 1. The molecule has 5 heteroatoms. The minimum Gasteiger partial charge on any atom is -0.457 e. The fourth-order valence-electron chi connectivity index (χ4n) is 2.10. The first-order valence-corrected chi connectivity index (χ1v) is 8.01. The summed E-state index contributed by atoms with van der Waals surface area (Å²) in [5.74, 6) is 6.18. The number of carbonyl (C=O) groups is 1. The first-order chi connectivity index (χ1) is 10.7. The average molecular weight is 314 g/mol. The van der Waals surface area contributed by atoms with Gasteiger partial charge < -0.3 is 15.4 Å². The third kappa shape index (κ3) is 3.89. The summed E-state index contributed by atoms with van der Waals surface area (Å²) in [4.78, 5) is 12.2. The van der Waals surface area contributed by atoms with E-state index < -0.39 is 5.92 Å². The van der Waals surface area contributed by atoms with Crippen molar-refractivity contribution in [1.82, 2.24) is 0 Å². The Balaban J connectivity index is 2.14. The molecule has 0 heterocycles. The maximum atomic E-state index is 11.0. The van der Waals surface area contributed by atoms with Gasteiger partial charge in [-0.05, 0) is 54.6 Å². The number of hydrogen-bond acceptors (Lipinski definition) is 5. The molecule has 22 heavy (non-hydrogen) atoms. The lowest BCUT2D eigenvalue weighted by atomic mass is 10.0. The average Bonchev–Trinajstić information content (AvgIpc) is 2.54. The van der Waals surface area contributed by atoms with Gasteiger partial charge in [-0.15, -0.1) is 11.8 Å². The molecule has 2 rings (SSSR count). The number of aryl methyl sites for hydroxylation is 1. The number of nitrogens with two attached hydrogens (primary N) is 1. The van der Waals surface area contributed by atoms with E-state index in [0.29, 0.717) is 0 Å². The highest BCUT2D eigenvalue weighted by Crippen LogP contribution is 2.28. The van der Waals surface area contributed by atoms with E-state index in [1.807, 2.05) is 42.5 Å². The second-order valence-corrected chi connectivity index (χ2v) is 5.61. The summed E-state index contributed by atoms with van der Waals surface area (Å²) in [6.07, 6.45) is 4.26. The molecule has 0 fully saturated rings. The van der Waals surface area contributed by atoms with E-state index in [-0.39, 0.29) is 0 Å². The Kier molecular flexibility index (Phi) is 5.61. The van der Waals surface area contributed by atoms with Crippen molar-refractivity contribution in [2.45, 2.75) is 17.7 Å². The van der Waals surface area contributed by atoms with Crippen LogP contribution in [0.2, 0.25) is 0 Å². The molecule has 0 bridgehead atoms. The number of hydrazone groups is 1. The van der Waals surface area contributed by atoms with E-state index in [1.165, 1.54) is 16.7 Å². The zero-order valence-electron chi connectivity index (χ0n) is 12.5. The predicted octanol–water partition coefficient (Wildman–Crippen LogP) is 3.74. The molecule has 4 nitrogen and oxygen atoms in total. The van der Waals surface area contributed by atoms with Crippen LogP contribution in [0.3, 0.4) is 0 Å². The molecular weight excluding hydrogens is 296 g/mol. The van der Waals surface area contributed by atoms with Gasteiger partial charge in [0.25, 0.3) is 0 Å². The normalized spacial score (nSPS) is 12.3. The number of nitrogens with zero attached hydrogens (tertiary/aromatic N) is 1. The highest BCUT2D eigenvalue weighted by Gasteiger charge is 2.08. The van der Waals surface area contributed by atoms with Crippen LogP contribution in [0.15, 0.2) is 52.5 Å². The molecule has 0 aliphatic rings. The Morgan fingerprint density at radius 3 is 2.41 bits per heavy atom. The van der Waals surface area contributed by atoms with Gasteiger partial charge in [0.1, 0.15) is 17.8 Å². The molecule has 2 aromatic rings. The van der Waals surface area contributed by atoms with Gasteiger partial charge in [0.05, 0.1) is 5.92 Å². The molecule has 0 radical (unpaired) electrons. The standard InChI is InChI=1S/C17H18N2O2S/c1-12-9-16(7-8-17(12)22-2)21-15-5-3-13(4-6-15)14(11-20)10-19-18/h3-11,14H,18H2,1-2H3. The van der Waals surface area contributed by atoms with Gasteiger partial charge >= 0.3 is 0 Å². The van der Waals surface area contributed by atoms with Crippen molar-refractivity contribution in [2.24, 2.45) is 10.9 Å². The summed E-state index contributed by atoms with van der Waals surface area (Å²) >= 11 is 1.71. The van der Waals surface area contributed by atoms with E-state index in [4.69, 9.17) is 10.6 Å². The Bertz CT molecular complexity index is 669. The van der Waals surface area contributed by atoms with E-state index in [0.717, 1.165) is 23.3 Å². The summed E-state index contributed by atoms with van der Waals surface area (Å²) in [5.41, 5.74) is 2.01. The van der Waals surface area contributed by atoms with E-state index >= 15 is 0 Å². The maximum absolute atomic E-state index is 11.0. The van der Waals surface area contributed by atoms with Crippen LogP contribution in [0.25, 0.3) is 0 Å². The third-order valence-electron chi connectivity index (χ3n) is 3.26. The van der Waals surface area contributed by atoms with Gasteiger partial charge in [-0.2, -0.15) is 5.10 Å². The minimum absolute atomic E-state index is 0.429. The molecular formula is C17H18N2O2S. The van der Waals surface area contributed by atoms with Crippen molar-refractivity contribution in [3.05, 3.63) is 53.6 Å². The molecule has 1 atom stereocenters. The second kappa shape index (κ2) is 7.66. The van der Waals surface area contributed by atoms with Gasteiger partial charge in [-0.3, -0.25) is 0 Å². The van der Waals surface area contributed by atoms with E-state index in [1.54, 1.807) is 11.8 Å². The van der Waals surface area contributed by atoms with Crippen molar-refractivity contribution in [3.63, 3.8) is 0 Å². The molecule has 114 valence electrons. The van der Waals surface area contributed by atoms with Gasteiger partial charge in [0, 0.05) is 11.1 Å². The molecule has 0 aliphatic carbocycles. The van der Waals surface area contributed by atoms with Crippen LogP contribution in [0.4, 0.5) is 0 Å². The minimum atomic E-state index is -0.429. The Hall–Kier alpha value is -2.27. The van der Waals surface area contributed by atoms with Crippen LogP contribution in [0.1, 0.15) is 17.0 Å². The van der Waals surface area contributed by atoms with Crippen LogP contribution >= 0.6 is 11.8 Å². The largest absolute Gasteiger partial charge is 0.457 e. The van der Waals surface area contributed by atoms with Crippen molar-refractivity contribution in [1.29, 1.82) is 0 Å². The SMILES string of the molecule is CSc1ccc(Oc2ccc(C(C=O)C=NN)cc2)cc1C. The topological polar surface area (TPSA) is 64.7 Å². The molecule has 0 aliphatic heterocycles. The number of hydrogen-bond donors (Lipinski definition) is 1. The fourth-order valence-corrected chi connectivity index (χ4v) is 2.69. The van der Waals surface area contributed by atoms with Gasteiger partial charge in [-0.1, -0.05) is 12.1 Å². The number of carbonyl (C=O) groups excluding carboxylic acids is 1. The number of rotatable bonds is 6. The highest BCUT2D eigenvalue weighted by molar-refractivity contribution is 7.98. The van der Waals surface area contributed by atoms with Gasteiger partial charge in [-0.25, -0.2) is 0 Å². The third-order valence-corrected chi connectivity index (χ3v) is 4.16. The predicted molar refractivity (Wildman–Crippen MR) is 91.0 cm³/mol. The molecule has 0 saturated heterocycles. The fraction of sp³-hybridized carbons (Fsp3) is 0.176. The summed E-state index contributed by atoms with van der Waals surface area (Å²) in [7, 11) is 0. The first kappa shape index (κ1) is 16.1. The molecule has 1 unspecified atom stereocenters. The summed E-state index contributed by atoms with van der Waals surface area (Å²) < 4.78 is 5.83. The molecule has 0 saturated carbocycles. The quantitative estimate of drug-likeness (QED) is 0.290.